The van der Waals surface area contributed by atoms with Crippen LogP contribution in [0.2, 0.25) is 0 Å². The van der Waals surface area contributed by atoms with Crippen LogP contribution >= 0.6 is 0 Å². The zero-order chi connectivity index (χ0) is 9.40. The molecule has 0 heterocycles. The van der Waals surface area contributed by atoms with E-state index in [1.54, 1.807) is 6.26 Å². The van der Waals surface area contributed by atoms with E-state index >= 15 is 0 Å². The molecule has 0 bridgehead atoms. The summed E-state index contributed by atoms with van der Waals surface area (Å²) in [6.07, 6.45) is 5.55. The van der Waals surface area contributed by atoms with Gasteiger partial charge in [-0.1, -0.05) is 19.8 Å². The van der Waals surface area contributed by atoms with Gasteiger partial charge in [0.25, 0.3) is 0 Å². The van der Waals surface area contributed by atoms with Crippen molar-refractivity contribution in [3.8, 4) is 0 Å². The van der Waals surface area contributed by atoms with E-state index in [1.807, 2.05) is 6.92 Å². The van der Waals surface area contributed by atoms with E-state index in [0.29, 0.717) is 0 Å². The average Bonchev–Trinajstić information content (AvgIpc) is 2.03. The fourth-order valence-electron chi connectivity index (χ4n) is 0.923. The Morgan fingerprint density at radius 1 is 1.42 bits per heavy atom. The number of hydrogen-bond donors (Lipinski definition) is 1. The predicted octanol–water partition coefficient (Wildman–Crippen LogP) is 1.53. The molecule has 2 nitrogen and oxygen atoms in total. The minimum Gasteiger partial charge on any atom is -0.316 e. The molecule has 12 heavy (non-hydrogen) atoms. The monoisotopic (exact) mass is 191 g/mol. The van der Waals surface area contributed by atoms with Crippen LogP contribution in [0.3, 0.4) is 0 Å². The molecular formula is C9H21NOS. The van der Waals surface area contributed by atoms with Gasteiger partial charge in [-0.05, 0) is 19.9 Å². The van der Waals surface area contributed by atoms with Gasteiger partial charge in [-0.25, -0.2) is 0 Å². The zero-order valence-corrected chi connectivity index (χ0v) is 9.25. The molecule has 0 aromatic carbocycles. The molecule has 0 aliphatic heterocycles. The Morgan fingerprint density at radius 2 is 2.08 bits per heavy atom. The SMILES string of the molecule is CCCCCNCC(C)S(C)=O. The van der Waals surface area contributed by atoms with E-state index in [4.69, 9.17) is 0 Å². The summed E-state index contributed by atoms with van der Waals surface area (Å²) in [4.78, 5) is 0. The highest BCUT2D eigenvalue weighted by atomic mass is 32.2. The normalized spacial score (nSPS) is 15.9. The van der Waals surface area contributed by atoms with E-state index in [1.165, 1.54) is 19.3 Å². The summed E-state index contributed by atoms with van der Waals surface area (Å²) < 4.78 is 10.9. The Labute approximate surface area is 78.6 Å². The first-order valence-corrected chi connectivity index (χ1v) is 6.33. The van der Waals surface area contributed by atoms with Crippen molar-refractivity contribution >= 4 is 10.8 Å². The molecule has 2 atom stereocenters. The molecule has 0 spiro atoms. The van der Waals surface area contributed by atoms with Crippen LogP contribution in [-0.2, 0) is 10.8 Å². The third-order valence-corrected chi connectivity index (χ3v) is 3.26. The zero-order valence-electron chi connectivity index (χ0n) is 8.43. The van der Waals surface area contributed by atoms with Crippen molar-refractivity contribution in [1.82, 2.24) is 5.32 Å². The molecule has 0 rings (SSSR count). The van der Waals surface area contributed by atoms with Gasteiger partial charge in [0.15, 0.2) is 0 Å². The topological polar surface area (TPSA) is 29.1 Å². The van der Waals surface area contributed by atoms with Crippen LogP contribution in [0.5, 0.6) is 0 Å². The van der Waals surface area contributed by atoms with Crippen molar-refractivity contribution in [1.29, 1.82) is 0 Å². The van der Waals surface area contributed by atoms with Crippen molar-refractivity contribution in [3.63, 3.8) is 0 Å². The Bertz CT molecular complexity index is 128. The van der Waals surface area contributed by atoms with Crippen LogP contribution in [0.1, 0.15) is 33.1 Å². The minimum atomic E-state index is -0.680. The molecule has 2 unspecified atom stereocenters. The van der Waals surface area contributed by atoms with Crippen LogP contribution in [0.15, 0.2) is 0 Å². The first-order chi connectivity index (χ1) is 5.68. The predicted molar refractivity (Wildman–Crippen MR) is 55.9 cm³/mol. The van der Waals surface area contributed by atoms with Gasteiger partial charge in [-0.15, -0.1) is 0 Å². The van der Waals surface area contributed by atoms with Gasteiger partial charge in [0.1, 0.15) is 0 Å². The van der Waals surface area contributed by atoms with Crippen molar-refractivity contribution in [2.75, 3.05) is 19.3 Å². The molecule has 0 radical (unpaired) electrons. The molecule has 0 aliphatic rings. The molecule has 0 aliphatic carbocycles. The van der Waals surface area contributed by atoms with Crippen LogP contribution in [-0.4, -0.2) is 28.8 Å². The molecule has 0 saturated heterocycles. The van der Waals surface area contributed by atoms with Crippen molar-refractivity contribution in [2.24, 2.45) is 0 Å². The quantitative estimate of drug-likeness (QED) is 0.618. The molecule has 0 aromatic heterocycles. The van der Waals surface area contributed by atoms with Crippen LogP contribution in [0, 0.1) is 0 Å². The van der Waals surface area contributed by atoms with Crippen molar-refractivity contribution < 1.29 is 4.21 Å². The Morgan fingerprint density at radius 3 is 2.58 bits per heavy atom. The summed E-state index contributed by atoms with van der Waals surface area (Å²) in [5.41, 5.74) is 0. The summed E-state index contributed by atoms with van der Waals surface area (Å²) in [7, 11) is -0.680. The van der Waals surface area contributed by atoms with E-state index < -0.39 is 10.8 Å². The highest BCUT2D eigenvalue weighted by molar-refractivity contribution is 7.84. The standard InChI is InChI=1S/C9H21NOS/c1-4-5-6-7-10-8-9(2)12(3)11/h9-10H,4-8H2,1-3H3. The second-order valence-corrected chi connectivity index (χ2v) is 5.02. The van der Waals surface area contributed by atoms with Crippen molar-refractivity contribution in [3.05, 3.63) is 0 Å². The summed E-state index contributed by atoms with van der Waals surface area (Å²) in [5, 5.41) is 3.59. The van der Waals surface area contributed by atoms with Gasteiger partial charge < -0.3 is 5.32 Å². The maximum absolute atomic E-state index is 10.9. The first kappa shape index (κ1) is 12.1. The minimum absolute atomic E-state index is 0.284. The smallest absolute Gasteiger partial charge is 0.0441 e. The highest BCUT2D eigenvalue weighted by Gasteiger charge is 2.03. The molecule has 3 heteroatoms. The second-order valence-electron chi connectivity index (χ2n) is 3.22. The Hall–Kier alpha value is 0.110. The average molecular weight is 191 g/mol. The van der Waals surface area contributed by atoms with Crippen LogP contribution in [0.4, 0.5) is 0 Å². The van der Waals surface area contributed by atoms with Gasteiger partial charge in [0.2, 0.25) is 0 Å². The van der Waals surface area contributed by atoms with E-state index in [-0.39, 0.29) is 5.25 Å². The molecule has 1 N–H and O–H groups in total. The highest BCUT2D eigenvalue weighted by Crippen LogP contribution is 1.93. The second kappa shape index (κ2) is 7.74. The third-order valence-electron chi connectivity index (χ3n) is 1.96. The lowest BCUT2D eigenvalue weighted by atomic mass is 10.2. The number of nitrogens with one attached hydrogen (secondary N) is 1. The molecule has 0 fully saturated rings. The lowest BCUT2D eigenvalue weighted by molar-refractivity contribution is 0.606. The number of unbranched alkanes of at least 4 members (excludes halogenated alkanes) is 2. The van der Waals surface area contributed by atoms with Gasteiger partial charge in [0, 0.05) is 28.9 Å². The summed E-state index contributed by atoms with van der Waals surface area (Å²) >= 11 is 0. The van der Waals surface area contributed by atoms with Crippen LogP contribution < -0.4 is 5.32 Å². The molecule has 0 aromatic rings. The Balaban J connectivity index is 3.14. The fourth-order valence-corrected chi connectivity index (χ4v) is 1.28. The summed E-state index contributed by atoms with van der Waals surface area (Å²) in [6.45, 7) is 6.16. The van der Waals surface area contributed by atoms with Crippen LogP contribution in [0.25, 0.3) is 0 Å². The van der Waals surface area contributed by atoms with Gasteiger partial charge >= 0.3 is 0 Å². The maximum Gasteiger partial charge on any atom is 0.0441 e. The maximum atomic E-state index is 10.9. The third kappa shape index (κ3) is 6.80. The van der Waals surface area contributed by atoms with Gasteiger partial charge in [0.05, 0.1) is 0 Å². The number of rotatable bonds is 7. The lowest BCUT2D eigenvalue weighted by Crippen LogP contribution is -2.28. The summed E-state index contributed by atoms with van der Waals surface area (Å²) in [6, 6.07) is 0. The van der Waals surface area contributed by atoms with Gasteiger partial charge in [-0.3, -0.25) is 4.21 Å². The molecule has 0 amide bonds. The fraction of sp³-hybridized carbons (Fsp3) is 1.00. The molecule has 0 saturated carbocycles. The van der Waals surface area contributed by atoms with E-state index in [9.17, 15) is 4.21 Å². The van der Waals surface area contributed by atoms with E-state index in [2.05, 4.69) is 12.2 Å². The first-order valence-electron chi connectivity index (χ1n) is 4.71. The molecular weight excluding hydrogens is 170 g/mol. The van der Waals surface area contributed by atoms with Crippen molar-refractivity contribution in [2.45, 2.75) is 38.4 Å². The Kier molecular flexibility index (Phi) is 7.81. The molecule has 74 valence electrons. The largest absolute Gasteiger partial charge is 0.316 e. The van der Waals surface area contributed by atoms with Gasteiger partial charge in [-0.2, -0.15) is 0 Å². The lowest BCUT2D eigenvalue weighted by Gasteiger charge is -2.08. The number of hydrogen-bond acceptors (Lipinski definition) is 2. The summed E-state index contributed by atoms with van der Waals surface area (Å²) in [5.74, 6) is 0. The van der Waals surface area contributed by atoms with E-state index in [0.717, 1.165) is 13.1 Å².